The number of nitrogens with one attached hydrogen (secondary N) is 2. The van der Waals surface area contributed by atoms with Crippen molar-refractivity contribution in [3.05, 3.63) is 23.8 Å². The van der Waals surface area contributed by atoms with Crippen LogP contribution in [0.3, 0.4) is 0 Å². The van der Waals surface area contributed by atoms with Gasteiger partial charge in [0.05, 0.1) is 26.5 Å². The SMILES string of the molecule is COc1cc(OC)cc(C(=O)NCCS(=O)(=O)NCC(OC)OC)c1. The lowest BCUT2D eigenvalue weighted by molar-refractivity contribution is -0.0960. The smallest absolute Gasteiger partial charge is 0.251 e. The third-order valence-corrected chi connectivity index (χ3v) is 4.61. The third kappa shape index (κ3) is 7.26. The Hall–Kier alpha value is -1.88. The summed E-state index contributed by atoms with van der Waals surface area (Å²) in [6, 6.07) is 4.70. The van der Waals surface area contributed by atoms with Crippen LogP contribution in [-0.4, -0.2) is 67.9 Å². The van der Waals surface area contributed by atoms with Crippen molar-refractivity contribution in [1.82, 2.24) is 10.0 Å². The van der Waals surface area contributed by atoms with Crippen molar-refractivity contribution in [3.8, 4) is 11.5 Å². The van der Waals surface area contributed by atoms with Gasteiger partial charge in [0.25, 0.3) is 5.91 Å². The Morgan fingerprint density at radius 1 is 1.04 bits per heavy atom. The fourth-order valence-corrected chi connectivity index (χ4v) is 2.77. The highest BCUT2D eigenvalue weighted by Gasteiger charge is 2.15. The molecule has 10 heteroatoms. The lowest BCUT2D eigenvalue weighted by atomic mass is 10.2. The first kappa shape index (κ1) is 21.2. The maximum Gasteiger partial charge on any atom is 0.251 e. The summed E-state index contributed by atoms with van der Waals surface area (Å²) in [6.07, 6.45) is -0.673. The predicted molar refractivity (Wildman–Crippen MR) is 91.5 cm³/mol. The number of methoxy groups -OCH3 is 4. The van der Waals surface area contributed by atoms with E-state index in [9.17, 15) is 13.2 Å². The average molecular weight is 376 g/mol. The molecule has 25 heavy (non-hydrogen) atoms. The van der Waals surface area contributed by atoms with Crippen molar-refractivity contribution in [2.24, 2.45) is 0 Å². The van der Waals surface area contributed by atoms with Gasteiger partial charge in [0.15, 0.2) is 6.29 Å². The van der Waals surface area contributed by atoms with E-state index in [0.717, 1.165) is 0 Å². The lowest BCUT2D eigenvalue weighted by Gasteiger charge is -2.14. The minimum Gasteiger partial charge on any atom is -0.497 e. The van der Waals surface area contributed by atoms with E-state index < -0.39 is 22.2 Å². The van der Waals surface area contributed by atoms with Crippen LogP contribution in [0, 0.1) is 0 Å². The topological polar surface area (TPSA) is 112 Å². The Bertz CT molecular complexity index is 638. The van der Waals surface area contributed by atoms with Crippen LogP contribution in [0.1, 0.15) is 10.4 Å². The van der Waals surface area contributed by atoms with Crippen LogP contribution in [0.15, 0.2) is 18.2 Å². The normalized spacial score (nSPS) is 11.4. The van der Waals surface area contributed by atoms with Crippen LogP contribution >= 0.6 is 0 Å². The molecule has 0 aliphatic carbocycles. The molecule has 2 N–H and O–H groups in total. The van der Waals surface area contributed by atoms with Crippen molar-refractivity contribution >= 4 is 15.9 Å². The van der Waals surface area contributed by atoms with Crippen LogP contribution in [0.2, 0.25) is 0 Å². The average Bonchev–Trinajstić information content (AvgIpc) is 2.61. The zero-order valence-corrected chi connectivity index (χ0v) is 15.5. The second kappa shape index (κ2) is 10.2. The molecule has 0 aliphatic rings. The first-order valence-corrected chi connectivity index (χ1v) is 9.04. The maximum atomic E-state index is 12.1. The van der Waals surface area contributed by atoms with Crippen molar-refractivity contribution < 1.29 is 32.2 Å². The van der Waals surface area contributed by atoms with E-state index in [1.165, 1.54) is 40.6 Å². The number of benzene rings is 1. The molecule has 0 unspecified atom stereocenters. The number of rotatable bonds is 11. The first-order valence-electron chi connectivity index (χ1n) is 7.39. The molecule has 0 bridgehead atoms. The van der Waals surface area contributed by atoms with E-state index in [1.807, 2.05) is 0 Å². The quantitative estimate of drug-likeness (QED) is 0.522. The Labute approximate surface area is 147 Å². The van der Waals surface area contributed by atoms with E-state index in [4.69, 9.17) is 18.9 Å². The molecule has 0 heterocycles. The number of hydrogen-bond acceptors (Lipinski definition) is 7. The molecule has 1 amide bonds. The van der Waals surface area contributed by atoms with Crippen molar-refractivity contribution in [2.75, 3.05) is 47.3 Å². The Morgan fingerprint density at radius 3 is 2.08 bits per heavy atom. The van der Waals surface area contributed by atoms with Crippen LogP contribution in [0.5, 0.6) is 11.5 Å². The molecule has 0 spiro atoms. The summed E-state index contributed by atoms with van der Waals surface area (Å²) in [5.74, 6) is 0.215. The Morgan fingerprint density at radius 2 is 1.60 bits per heavy atom. The van der Waals surface area contributed by atoms with Gasteiger partial charge in [-0.05, 0) is 12.1 Å². The van der Waals surface area contributed by atoms with E-state index >= 15 is 0 Å². The van der Waals surface area contributed by atoms with Gasteiger partial charge in [-0.3, -0.25) is 4.79 Å². The largest absolute Gasteiger partial charge is 0.497 e. The molecule has 0 atom stereocenters. The standard InChI is InChI=1S/C15H24N2O7S/c1-21-12-7-11(8-13(9-12)22-2)15(18)16-5-6-25(19,20)17-10-14(23-3)24-4/h7-9,14,17H,5-6,10H2,1-4H3,(H,16,18). The summed E-state index contributed by atoms with van der Waals surface area (Å²) in [5, 5.41) is 2.54. The number of carbonyl (C=O) groups is 1. The molecule has 0 saturated carbocycles. The molecule has 0 fully saturated rings. The highest BCUT2D eigenvalue weighted by molar-refractivity contribution is 7.89. The zero-order valence-electron chi connectivity index (χ0n) is 14.7. The number of hydrogen-bond donors (Lipinski definition) is 2. The zero-order chi connectivity index (χ0) is 18.9. The lowest BCUT2D eigenvalue weighted by Crippen LogP contribution is -2.38. The molecule has 142 valence electrons. The van der Waals surface area contributed by atoms with Crippen LogP contribution < -0.4 is 19.5 Å². The highest BCUT2D eigenvalue weighted by Crippen LogP contribution is 2.22. The summed E-state index contributed by atoms with van der Waals surface area (Å²) < 4.78 is 46.1. The monoisotopic (exact) mass is 376 g/mol. The minimum absolute atomic E-state index is 0.0175. The van der Waals surface area contributed by atoms with Gasteiger partial charge in [0.2, 0.25) is 10.0 Å². The minimum atomic E-state index is -3.57. The van der Waals surface area contributed by atoms with Gasteiger partial charge in [0.1, 0.15) is 11.5 Å². The van der Waals surface area contributed by atoms with Gasteiger partial charge in [0, 0.05) is 32.4 Å². The summed E-state index contributed by atoms with van der Waals surface area (Å²) in [7, 11) is 2.19. The molecule has 0 aliphatic heterocycles. The van der Waals surface area contributed by atoms with Gasteiger partial charge in [-0.2, -0.15) is 0 Å². The first-order chi connectivity index (χ1) is 11.8. The molecular weight excluding hydrogens is 352 g/mol. The van der Waals surface area contributed by atoms with E-state index in [2.05, 4.69) is 10.0 Å². The molecule has 0 radical (unpaired) electrons. The number of carbonyl (C=O) groups excluding carboxylic acids is 1. The molecular formula is C15H24N2O7S. The Balaban J connectivity index is 2.56. The van der Waals surface area contributed by atoms with Gasteiger partial charge in [-0.15, -0.1) is 0 Å². The van der Waals surface area contributed by atoms with Crippen molar-refractivity contribution in [2.45, 2.75) is 6.29 Å². The number of ether oxygens (including phenoxy) is 4. The van der Waals surface area contributed by atoms with Gasteiger partial charge < -0.3 is 24.3 Å². The molecule has 1 aromatic rings. The number of sulfonamides is 1. The summed E-state index contributed by atoms with van der Waals surface area (Å²) in [4.78, 5) is 12.1. The van der Waals surface area contributed by atoms with Crippen LogP contribution in [-0.2, 0) is 19.5 Å². The van der Waals surface area contributed by atoms with E-state index in [0.29, 0.717) is 17.1 Å². The number of amides is 1. The second-order valence-electron chi connectivity index (χ2n) is 4.93. The fraction of sp³-hybridized carbons (Fsp3) is 0.533. The summed E-state index contributed by atoms with van der Waals surface area (Å²) in [6.45, 7) is -0.0747. The molecule has 1 aromatic carbocycles. The molecule has 0 aromatic heterocycles. The summed E-state index contributed by atoms with van der Waals surface area (Å²) >= 11 is 0. The van der Waals surface area contributed by atoms with Gasteiger partial charge >= 0.3 is 0 Å². The summed E-state index contributed by atoms with van der Waals surface area (Å²) in [5.41, 5.74) is 0.306. The van der Waals surface area contributed by atoms with Crippen LogP contribution in [0.25, 0.3) is 0 Å². The fourth-order valence-electron chi connectivity index (χ4n) is 1.87. The van der Waals surface area contributed by atoms with Crippen molar-refractivity contribution in [3.63, 3.8) is 0 Å². The molecule has 9 nitrogen and oxygen atoms in total. The van der Waals surface area contributed by atoms with Crippen LogP contribution in [0.4, 0.5) is 0 Å². The highest BCUT2D eigenvalue weighted by atomic mass is 32.2. The van der Waals surface area contributed by atoms with E-state index in [1.54, 1.807) is 6.07 Å². The Kier molecular flexibility index (Phi) is 8.62. The molecule has 1 rings (SSSR count). The maximum absolute atomic E-state index is 12.1. The predicted octanol–water partition coefficient (Wildman–Crippen LogP) is -0.0281. The van der Waals surface area contributed by atoms with E-state index in [-0.39, 0.29) is 18.8 Å². The van der Waals surface area contributed by atoms with Gasteiger partial charge in [-0.25, -0.2) is 13.1 Å². The second-order valence-corrected chi connectivity index (χ2v) is 6.85. The van der Waals surface area contributed by atoms with Gasteiger partial charge in [-0.1, -0.05) is 0 Å². The third-order valence-electron chi connectivity index (χ3n) is 3.27. The molecule has 0 saturated heterocycles. The van der Waals surface area contributed by atoms with Crippen molar-refractivity contribution in [1.29, 1.82) is 0 Å².